The molecule has 0 aromatic rings. The largest absolute Gasteiger partial charge is 0.469 e. The maximum absolute atomic E-state index is 12.0. The van der Waals surface area contributed by atoms with Gasteiger partial charge in [-0.15, -0.1) is 0 Å². The van der Waals surface area contributed by atoms with Gasteiger partial charge in [0.2, 0.25) is 0 Å². The van der Waals surface area contributed by atoms with Gasteiger partial charge in [0.25, 0.3) is 0 Å². The van der Waals surface area contributed by atoms with E-state index in [1.807, 2.05) is 0 Å². The molecule has 1 saturated heterocycles. The van der Waals surface area contributed by atoms with Crippen LogP contribution in [-0.2, 0) is 14.3 Å². The van der Waals surface area contributed by atoms with Gasteiger partial charge in [0.1, 0.15) is 0 Å². The van der Waals surface area contributed by atoms with Crippen LogP contribution in [0.1, 0.15) is 32.1 Å². The van der Waals surface area contributed by atoms with E-state index in [0.29, 0.717) is 5.92 Å². The predicted octanol–water partition coefficient (Wildman–Crippen LogP) is 1.69. The molecule has 0 radical (unpaired) electrons. The molecule has 1 aliphatic carbocycles. The number of esters is 1. The molecule has 2 aliphatic rings. The molecule has 1 aliphatic heterocycles. The van der Waals surface area contributed by atoms with Crippen LogP contribution in [0.4, 0.5) is 0 Å². The van der Waals surface area contributed by atoms with E-state index in [-0.39, 0.29) is 11.9 Å². The zero-order valence-electron chi connectivity index (χ0n) is 11.4. The standard InChI is InChI=1S/C14H25NO3/c1-17-14(16)13(12-5-3-2-4-6-12)11-15-7-9-18-10-8-15/h12-13H,2-11H2,1H3. The summed E-state index contributed by atoms with van der Waals surface area (Å²) >= 11 is 0. The van der Waals surface area contributed by atoms with Crippen molar-refractivity contribution in [1.82, 2.24) is 4.90 Å². The van der Waals surface area contributed by atoms with Gasteiger partial charge in [0.15, 0.2) is 0 Å². The molecule has 0 N–H and O–H groups in total. The fourth-order valence-electron chi connectivity index (χ4n) is 3.17. The third kappa shape index (κ3) is 3.69. The molecule has 18 heavy (non-hydrogen) atoms. The number of morpholine rings is 1. The molecule has 1 atom stereocenters. The van der Waals surface area contributed by atoms with Gasteiger partial charge in [-0.2, -0.15) is 0 Å². The molecule has 0 aromatic heterocycles. The normalized spacial score (nSPS) is 24.7. The zero-order valence-corrected chi connectivity index (χ0v) is 11.4. The van der Waals surface area contributed by atoms with Crippen molar-refractivity contribution in [2.75, 3.05) is 40.0 Å². The molecular weight excluding hydrogens is 230 g/mol. The Morgan fingerprint density at radius 2 is 1.94 bits per heavy atom. The lowest BCUT2D eigenvalue weighted by molar-refractivity contribution is -0.149. The lowest BCUT2D eigenvalue weighted by Crippen LogP contribution is -2.43. The van der Waals surface area contributed by atoms with Crippen LogP contribution in [0, 0.1) is 11.8 Å². The van der Waals surface area contributed by atoms with Crippen LogP contribution in [0.3, 0.4) is 0 Å². The summed E-state index contributed by atoms with van der Waals surface area (Å²) in [6.45, 7) is 4.32. The van der Waals surface area contributed by atoms with Crippen molar-refractivity contribution in [3.8, 4) is 0 Å². The number of hydrogen-bond acceptors (Lipinski definition) is 4. The molecule has 0 amide bonds. The lowest BCUT2D eigenvalue weighted by Gasteiger charge is -2.34. The number of rotatable bonds is 4. The minimum Gasteiger partial charge on any atom is -0.469 e. The summed E-state index contributed by atoms with van der Waals surface area (Å²) in [4.78, 5) is 14.4. The third-order valence-electron chi connectivity index (χ3n) is 4.28. The summed E-state index contributed by atoms with van der Waals surface area (Å²) in [5.74, 6) is 0.566. The number of carbonyl (C=O) groups excluding carboxylic acids is 1. The highest BCUT2D eigenvalue weighted by Crippen LogP contribution is 2.31. The van der Waals surface area contributed by atoms with E-state index in [1.165, 1.54) is 39.2 Å². The second-order valence-corrected chi connectivity index (χ2v) is 5.44. The van der Waals surface area contributed by atoms with E-state index < -0.39 is 0 Å². The Hall–Kier alpha value is -0.610. The SMILES string of the molecule is COC(=O)C(CN1CCOCC1)C1CCCCC1. The summed E-state index contributed by atoms with van der Waals surface area (Å²) in [5, 5.41) is 0. The summed E-state index contributed by atoms with van der Waals surface area (Å²) in [6.07, 6.45) is 6.22. The van der Waals surface area contributed by atoms with Gasteiger partial charge >= 0.3 is 5.97 Å². The number of carbonyl (C=O) groups is 1. The quantitative estimate of drug-likeness (QED) is 0.717. The number of nitrogens with zero attached hydrogens (tertiary/aromatic N) is 1. The van der Waals surface area contributed by atoms with Crippen LogP contribution in [0.5, 0.6) is 0 Å². The van der Waals surface area contributed by atoms with Crippen molar-refractivity contribution in [2.45, 2.75) is 32.1 Å². The second-order valence-electron chi connectivity index (χ2n) is 5.44. The maximum Gasteiger partial charge on any atom is 0.310 e. The van der Waals surface area contributed by atoms with Crippen LogP contribution < -0.4 is 0 Å². The molecule has 0 spiro atoms. The van der Waals surface area contributed by atoms with Gasteiger partial charge in [-0.05, 0) is 18.8 Å². The summed E-state index contributed by atoms with van der Waals surface area (Å²) in [5.41, 5.74) is 0. The Morgan fingerprint density at radius 3 is 2.56 bits per heavy atom. The zero-order chi connectivity index (χ0) is 12.8. The fraction of sp³-hybridized carbons (Fsp3) is 0.929. The average molecular weight is 255 g/mol. The van der Waals surface area contributed by atoms with Gasteiger partial charge in [0.05, 0.1) is 26.2 Å². The van der Waals surface area contributed by atoms with Crippen LogP contribution >= 0.6 is 0 Å². The topological polar surface area (TPSA) is 38.8 Å². The predicted molar refractivity (Wildman–Crippen MR) is 69.3 cm³/mol. The first kappa shape index (κ1) is 13.8. The van der Waals surface area contributed by atoms with Gasteiger partial charge in [-0.3, -0.25) is 9.69 Å². The molecular formula is C14H25NO3. The second kappa shape index (κ2) is 7.10. The maximum atomic E-state index is 12.0. The highest BCUT2D eigenvalue weighted by atomic mass is 16.5. The summed E-state index contributed by atoms with van der Waals surface area (Å²) in [7, 11) is 1.51. The Bertz CT molecular complexity index is 258. The Balaban J connectivity index is 1.92. The van der Waals surface area contributed by atoms with Gasteiger partial charge in [0, 0.05) is 19.6 Å². The van der Waals surface area contributed by atoms with Crippen molar-refractivity contribution >= 4 is 5.97 Å². The van der Waals surface area contributed by atoms with E-state index in [0.717, 1.165) is 32.8 Å². The molecule has 1 heterocycles. The van der Waals surface area contributed by atoms with Crippen LogP contribution in [0.2, 0.25) is 0 Å². The molecule has 0 bridgehead atoms. The Kier molecular flexibility index (Phi) is 5.45. The lowest BCUT2D eigenvalue weighted by atomic mass is 9.79. The highest BCUT2D eigenvalue weighted by molar-refractivity contribution is 5.72. The van der Waals surface area contributed by atoms with Gasteiger partial charge in [-0.1, -0.05) is 19.3 Å². The van der Waals surface area contributed by atoms with Crippen molar-refractivity contribution in [3.63, 3.8) is 0 Å². The van der Waals surface area contributed by atoms with Crippen molar-refractivity contribution < 1.29 is 14.3 Å². The summed E-state index contributed by atoms with van der Waals surface area (Å²) < 4.78 is 10.4. The Morgan fingerprint density at radius 1 is 1.28 bits per heavy atom. The first-order valence-electron chi connectivity index (χ1n) is 7.19. The highest BCUT2D eigenvalue weighted by Gasteiger charge is 2.32. The average Bonchev–Trinajstić information content (AvgIpc) is 2.46. The smallest absolute Gasteiger partial charge is 0.310 e. The summed E-state index contributed by atoms with van der Waals surface area (Å²) in [6, 6.07) is 0. The first-order chi connectivity index (χ1) is 8.81. The molecule has 2 rings (SSSR count). The first-order valence-corrected chi connectivity index (χ1v) is 7.19. The Labute approximate surface area is 110 Å². The minimum absolute atomic E-state index is 0.0200. The van der Waals surface area contributed by atoms with Gasteiger partial charge < -0.3 is 9.47 Å². The van der Waals surface area contributed by atoms with Gasteiger partial charge in [-0.25, -0.2) is 0 Å². The molecule has 2 fully saturated rings. The molecule has 104 valence electrons. The van der Waals surface area contributed by atoms with Crippen molar-refractivity contribution in [3.05, 3.63) is 0 Å². The molecule has 1 saturated carbocycles. The van der Waals surface area contributed by atoms with E-state index in [1.54, 1.807) is 0 Å². The molecule has 4 nitrogen and oxygen atoms in total. The van der Waals surface area contributed by atoms with Crippen LogP contribution in [0.15, 0.2) is 0 Å². The third-order valence-corrected chi connectivity index (χ3v) is 4.28. The van der Waals surface area contributed by atoms with Crippen LogP contribution in [0.25, 0.3) is 0 Å². The molecule has 4 heteroatoms. The minimum atomic E-state index is -0.0200. The monoisotopic (exact) mass is 255 g/mol. The number of hydrogen-bond donors (Lipinski definition) is 0. The van der Waals surface area contributed by atoms with E-state index >= 15 is 0 Å². The molecule has 1 unspecified atom stereocenters. The van der Waals surface area contributed by atoms with E-state index in [4.69, 9.17) is 9.47 Å². The molecule has 0 aromatic carbocycles. The number of methoxy groups -OCH3 is 1. The number of ether oxygens (including phenoxy) is 2. The fourth-order valence-corrected chi connectivity index (χ4v) is 3.17. The van der Waals surface area contributed by atoms with E-state index in [2.05, 4.69) is 4.90 Å². The van der Waals surface area contributed by atoms with Crippen molar-refractivity contribution in [1.29, 1.82) is 0 Å². The van der Waals surface area contributed by atoms with E-state index in [9.17, 15) is 4.79 Å². The van der Waals surface area contributed by atoms with Crippen LogP contribution in [-0.4, -0.2) is 50.8 Å². The van der Waals surface area contributed by atoms with Crippen molar-refractivity contribution in [2.24, 2.45) is 11.8 Å².